The molecule has 1 rings (SSSR count). The Hall–Kier alpha value is -0.960. The summed E-state index contributed by atoms with van der Waals surface area (Å²) in [5.74, 6) is 0.535. The van der Waals surface area contributed by atoms with Crippen molar-refractivity contribution in [2.45, 2.75) is 13.5 Å². The normalized spacial score (nSPS) is 12.0. The molecule has 2 N–H and O–H groups in total. The van der Waals surface area contributed by atoms with E-state index in [1.165, 1.54) is 0 Å². The fraction of sp³-hybridized carbons (Fsp3) is 0.286. The lowest BCUT2D eigenvalue weighted by Crippen LogP contribution is -1.94. The van der Waals surface area contributed by atoms with Gasteiger partial charge >= 0.3 is 0 Å². The van der Waals surface area contributed by atoms with Crippen LogP contribution >= 0.6 is 11.6 Å². The smallest absolute Gasteiger partial charge is 0.141 e. The fourth-order valence-electron chi connectivity index (χ4n) is 0.786. The zero-order valence-electron chi connectivity index (χ0n) is 6.29. The minimum Gasteiger partial charge on any atom is -0.382 e. The van der Waals surface area contributed by atoms with Gasteiger partial charge in [-0.25, -0.2) is 4.98 Å². The highest BCUT2D eigenvalue weighted by Crippen LogP contribution is 2.02. The molecular weight excluding hydrogens is 162 g/mol. The minimum absolute atomic E-state index is 0.535. The molecule has 0 radical (unpaired) electrons. The van der Waals surface area contributed by atoms with E-state index in [9.17, 15) is 0 Å². The largest absolute Gasteiger partial charge is 0.382 e. The zero-order valence-corrected chi connectivity index (χ0v) is 7.04. The molecule has 0 spiro atoms. The van der Waals surface area contributed by atoms with Crippen LogP contribution in [0.1, 0.15) is 6.92 Å². The Labute approximate surface area is 70.5 Å². The maximum absolute atomic E-state index is 5.48. The van der Waals surface area contributed by atoms with Gasteiger partial charge in [0, 0.05) is 18.3 Å². The Balaban J connectivity index is 2.65. The molecule has 0 aliphatic heterocycles. The number of nitrogen functional groups attached to an aromatic ring is 1. The molecule has 1 aromatic heterocycles. The molecule has 0 aliphatic rings. The predicted molar refractivity (Wildman–Crippen MR) is 46.2 cm³/mol. The molecule has 0 amide bonds. The first kappa shape index (κ1) is 8.14. The van der Waals surface area contributed by atoms with Gasteiger partial charge in [-0.05, 0) is 12.5 Å². The highest BCUT2D eigenvalue weighted by atomic mass is 35.5. The summed E-state index contributed by atoms with van der Waals surface area (Å²) in [6.07, 6.45) is 3.45. The second-order valence-corrected chi connectivity index (χ2v) is 2.64. The molecule has 3 nitrogen and oxygen atoms in total. The number of allylic oxidation sites excluding steroid dienone is 1. The van der Waals surface area contributed by atoms with Crippen molar-refractivity contribution in [2.24, 2.45) is 0 Å². The van der Waals surface area contributed by atoms with Crippen LogP contribution < -0.4 is 5.73 Å². The van der Waals surface area contributed by atoms with Gasteiger partial charge in [0.1, 0.15) is 5.82 Å². The topological polar surface area (TPSA) is 43.8 Å². The standard InChI is InChI=1S/C7H10ClN3/c1-6(2-8)3-11-4-7(9)10-5-11/h2,4-5H,3,9H2,1H3/b6-2+. The van der Waals surface area contributed by atoms with Crippen LogP contribution in [0.15, 0.2) is 23.6 Å². The Morgan fingerprint density at radius 2 is 2.64 bits per heavy atom. The van der Waals surface area contributed by atoms with Crippen molar-refractivity contribution < 1.29 is 0 Å². The van der Waals surface area contributed by atoms with Crippen molar-refractivity contribution in [1.82, 2.24) is 9.55 Å². The maximum atomic E-state index is 5.48. The number of nitrogens with zero attached hydrogens (tertiary/aromatic N) is 2. The van der Waals surface area contributed by atoms with Crippen LogP contribution in [0.3, 0.4) is 0 Å². The van der Waals surface area contributed by atoms with Crippen LogP contribution in [-0.2, 0) is 6.54 Å². The van der Waals surface area contributed by atoms with Crippen LogP contribution in [0.4, 0.5) is 5.82 Å². The molecule has 0 bridgehead atoms. The lowest BCUT2D eigenvalue weighted by Gasteiger charge is -1.98. The number of rotatable bonds is 2. The van der Waals surface area contributed by atoms with Crippen molar-refractivity contribution in [2.75, 3.05) is 5.73 Å². The van der Waals surface area contributed by atoms with Gasteiger partial charge in [0.05, 0.1) is 6.33 Å². The average molecular weight is 172 g/mol. The van der Waals surface area contributed by atoms with E-state index in [-0.39, 0.29) is 0 Å². The summed E-state index contributed by atoms with van der Waals surface area (Å²) >= 11 is 5.48. The Morgan fingerprint density at radius 3 is 3.09 bits per heavy atom. The third kappa shape index (κ3) is 2.27. The number of hydrogen-bond donors (Lipinski definition) is 1. The first-order valence-electron chi connectivity index (χ1n) is 3.25. The van der Waals surface area contributed by atoms with E-state index in [1.54, 1.807) is 18.1 Å². The van der Waals surface area contributed by atoms with Gasteiger partial charge in [0.15, 0.2) is 0 Å². The average Bonchev–Trinajstić information content (AvgIpc) is 2.35. The number of nitrogens with two attached hydrogens (primary N) is 1. The highest BCUT2D eigenvalue weighted by molar-refractivity contribution is 6.25. The summed E-state index contributed by atoms with van der Waals surface area (Å²) in [6, 6.07) is 0. The number of aromatic nitrogens is 2. The van der Waals surface area contributed by atoms with Crippen molar-refractivity contribution in [1.29, 1.82) is 0 Å². The molecule has 0 saturated carbocycles. The molecule has 0 fully saturated rings. The predicted octanol–water partition coefficient (Wildman–Crippen LogP) is 1.61. The van der Waals surface area contributed by atoms with Gasteiger partial charge in [-0.3, -0.25) is 0 Å². The summed E-state index contributed by atoms with van der Waals surface area (Å²) in [7, 11) is 0. The maximum Gasteiger partial charge on any atom is 0.141 e. The third-order valence-corrected chi connectivity index (χ3v) is 1.64. The first-order chi connectivity index (χ1) is 5.22. The second-order valence-electron chi connectivity index (χ2n) is 2.43. The number of halogens is 1. The van der Waals surface area contributed by atoms with Crippen LogP contribution in [-0.4, -0.2) is 9.55 Å². The minimum atomic E-state index is 0.535. The van der Waals surface area contributed by atoms with Crippen LogP contribution in [0.2, 0.25) is 0 Å². The molecule has 1 heterocycles. The van der Waals surface area contributed by atoms with Crippen molar-refractivity contribution in [3.63, 3.8) is 0 Å². The van der Waals surface area contributed by atoms with E-state index in [2.05, 4.69) is 4.98 Å². The van der Waals surface area contributed by atoms with E-state index in [0.717, 1.165) is 12.1 Å². The van der Waals surface area contributed by atoms with E-state index in [0.29, 0.717) is 5.82 Å². The summed E-state index contributed by atoms with van der Waals surface area (Å²) in [6.45, 7) is 2.69. The summed E-state index contributed by atoms with van der Waals surface area (Å²) in [5, 5.41) is 0. The van der Waals surface area contributed by atoms with Crippen molar-refractivity contribution in [3.05, 3.63) is 23.6 Å². The highest BCUT2D eigenvalue weighted by Gasteiger charge is 1.93. The third-order valence-electron chi connectivity index (χ3n) is 1.27. The van der Waals surface area contributed by atoms with E-state index < -0.39 is 0 Å². The molecule has 11 heavy (non-hydrogen) atoms. The van der Waals surface area contributed by atoms with E-state index in [1.807, 2.05) is 11.5 Å². The molecule has 0 unspecified atom stereocenters. The van der Waals surface area contributed by atoms with Gasteiger partial charge < -0.3 is 10.3 Å². The summed E-state index contributed by atoms with van der Waals surface area (Å²) in [5.41, 5.74) is 8.04. The molecule has 0 aliphatic carbocycles. The monoisotopic (exact) mass is 171 g/mol. The Morgan fingerprint density at radius 1 is 1.91 bits per heavy atom. The lowest BCUT2D eigenvalue weighted by molar-refractivity contribution is 0.784. The first-order valence-corrected chi connectivity index (χ1v) is 3.69. The molecule has 4 heteroatoms. The second kappa shape index (κ2) is 3.44. The van der Waals surface area contributed by atoms with Gasteiger partial charge in [-0.2, -0.15) is 0 Å². The van der Waals surface area contributed by atoms with Gasteiger partial charge in [-0.1, -0.05) is 11.6 Å². The molecule has 60 valence electrons. The zero-order chi connectivity index (χ0) is 8.27. The molecule has 0 aromatic carbocycles. The molecular formula is C7H10ClN3. The molecule has 1 aromatic rings. The van der Waals surface area contributed by atoms with Crippen molar-refractivity contribution in [3.8, 4) is 0 Å². The van der Waals surface area contributed by atoms with Crippen LogP contribution in [0.25, 0.3) is 0 Å². The molecule has 0 atom stereocenters. The summed E-state index contributed by atoms with van der Waals surface area (Å²) in [4.78, 5) is 3.87. The lowest BCUT2D eigenvalue weighted by atomic mass is 10.3. The fourth-order valence-corrected chi connectivity index (χ4v) is 0.855. The molecule has 0 saturated heterocycles. The van der Waals surface area contributed by atoms with Gasteiger partial charge in [0.25, 0.3) is 0 Å². The Kier molecular flexibility index (Phi) is 2.54. The number of anilines is 1. The SMILES string of the molecule is C/C(=C\Cl)Cn1cnc(N)c1. The van der Waals surface area contributed by atoms with Crippen LogP contribution in [0.5, 0.6) is 0 Å². The summed E-state index contributed by atoms with van der Waals surface area (Å²) < 4.78 is 1.88. The van der Waals surface area contributed by atoms with Crippen LogP contribution in [0, 0.1) is 0 Å². The van der Waals surface area contributed by atoms with E-state index in [4.69, 9.17) is 17.3 Å². The van der Waals surface area contributed by atoms with E-state index >= 15 is 0 Å². The Bertz CT molecular complexity index is 264. The van der Waals surface area contributed by atoms with Gasteiger partial charge in [-0.15, -0.1) is 0 Å². The van der Waals surface area contributed by atoms with Gasteiger partial charge in [0.2, 0.25) is 0 Å². The quantitative estimate of drug-likeness (QED) is 0.735. The van der Waals surface area contributed by atoms with Crippen molar-refractivity contribution >= 4 is 17.4 Å². The number of hydrogen-bond acceptors (Lipinski definition) is 2. The number of imidazole rings is 1.